The number of para-hydroxylation sites is 2. The zero-order chi connectivity index (χ0) is 18.1. The second-order valence-corrected chi connectivity index (χ2v) is 6.01. The molecule has 0 aliphatic rings. The molecule has 0 aliphatic carbocycles. The van der Waals surface area contributed by atoms with Crippen LogP contribution in [0, 0.1) is 0 Å². The number of aromatic nitrogens is 5. The Morgan fingerprint density at radius 3 is 2.70 bits per heavy atom. The summed E-state index contributed by atoms with van der Waals surface area (Å²) < 4.78 is 2.05. The van der Waals surface area contributed by atoms with Gasteiger partial charge in [-0.1, -0.05) is 36.4 Å². The number of hydrogen-bond donors (Lipinski definition) is 2. The number of benzene rings is 2. The number of rotatable bonds is 4. The van der Waals surface area contributed by atoms with Gasteiger partial charge in [-0.3, -0.25) is 0 Å². The molecule has 3 aromatic heterocycles. The molecule has 0 bridgehead atoms. The first kappa shape index (κ1) is 15.3. The summed E-state index contributed by atoms with van der Waals surface area (Å²) in [6.07, 6.45) is 3.72. The lowest BCUT2D eigenvalue weighted by Crippen LogP contribution is -2.01. The molecule has 3 heterocycles. The van der Waals surface area contributed by atoms with Crippen LogP contribution < -0.4 is 5.43 Å². The Kier molecular flexibility index (Phi) is 3.61. The summed E-state index contributed by atoms with van der Waals surface area (Å²) >= 11 is 0. The van der Waals surface area contributed by atoms with Crippen LogP contribution in [0.1, 0.15) is 5.69 Å². The molecule has 5 rings (SSSR count). The Balaban J connectivity index is 1.40. The summed E-state index contributed by atoms with van der Waals surface area (Å²) in [5.74, 6) is 0.336. The molecule has 0 aliphatic heterocycles. The van der Waals surface area contributed by atoms with E-state index in [2.05, 4.69) is 30.7 Å². The first-order valence-corrected chi connectivity index (χ1v) is 8.51. The lowest BCUT2D eigenvalue weighted by atomic mass is 10.2. The molecular formula is C20H15N7. The maximum atomic E-state index is 4.45. The summed E-state index contributed by atoms with van der Waals surface area (Å²) in [5.41, 5.74) is 7.27. The highest BCUT2D eigenvalue weighted by molar-refractivity contribution is 6.03. The van der Waals surface area contributed by atoms with Gasteiger partial charge in [0.1, 0.15) is 5.52 Å². The Labute approximate surface area is 154 Å². The van der Waals surface area contributed by atoms with Gasteiger partial charge in [0, 0.05) is 22.8 Å². The second-order valence-electron chi connectivity index (χ2n) is 6.01. The van der Waals surface area contributed by atoms with Crippen molar-refractivity contribution in [3.63, 3.8) is 0 Å². The van der Waals surface area contributed by atoms with E-state index in [1.807, 2.05) is 77.5 Å². The van der Waals surface area contributed by atoms with Gasteiger partial charge in [0.25, 0.3) is 5.95 Å². The third-order valence-electron chi connectivity index (χ3n) is 4.30. The topological polar surface area (TPSA) is 83.8 Å². The standard InChI is InChI=1S/C20H15N7/c1-2-7-14(8-3-1)27-12-6-9-15(27)13-21-25-20-23-19-18(24-26-20)16-10-4-5-11-17(16)22-19/h1-13H,(H2,22,23,25,26). The van der Waals surface area contributed by atoms with Crippen molar-refractivity contribution in [2.75, 3.05) is 5.43 Å². The predicted octanol–water partition coefficient (Wildman–Crippen LogP) is 3.74. The molecule has 0 spiro atoms. The van der Waals surface area contributed by atoms with Gasteiger partial charge in [0.2, 0.25) is 0 Å². The molecule has 0 atom stereocenters. The number of anilines is 1. The molecule has 27 heavy (non-hydrogen) atoms. The predicted molar refractivity (Wildman–Crippen MR) is 106 cm³/mol. The molecule has 2 aromatic carbocycles. The molecule has 5 aromatic rings. The zero-order valence-corrected chi connectivity index (χ0v) is 14.2. The first-order valence-electron chi connectivity index (χ1n) is 8.51. The van der Waals surface area contributed by atoms with Crippen molar-refractivity contribution in [1.82, 2.24) is 24.7 Å². The lowest BCUT2D eigenvalue weighted by molar-refractivity contribution is 1.01. The number of fused-ring (bicyclic) bond motifs is 3. The molecule has 0 amide bonds. The van der Waals surface area contributed by atoms with Crippen molar-refractivity contribution >= 4 is 34.2 Å². The van der Waals surface area contributed by atoms with Crippen LogP contribution in [0.4, 0.5) is 5.95 Å². The molecule has 0 fully saturated rings. The van der Waals surface area contributed by atoms with Crippen LogP contribution in [0.2, 0.25) is 0 Å². The molecule has 0 saturated heterocycles. The van der Waals surface area contributed by atoms with Gasteiger partial charge in [0.05, 0.1) is 11.9 Å². The highest BCUT2D eigenvalue weighted by Gasteiger charge is 2.08. The number of hydrogen-bond acceptors (Lipinski definition) is 5. The third kappa shape index (κ3) is 2.81. The number of hydrazone groups is 1. The van der Waals surface area contributed by atoms with E-state index in [-0.39, 0.29) is 0 Å². The highest BCUT2D eigenvalue weighted by atomic mass is 15.4. The van der Waals surface area contributed by atoms with E-state index in [9.17, 15) is 0 Å². The van der Waals surface area contributed by atoms with Crippen molar-refractivity contribution in [2.45, 2.75) is 0 Å². The van der Waals surface area contributed by atoms with E-state index in [0.29, 0.717) is 11.6 Å². The van der Waals surface area contributed by atoms with E-state index < -0.39 is 0 Å². The Morgan fingerprint density at radius 2 is 1.78 bits per heavy atom. The first-order chi connectivity index (χ1) is 13.4. The minimum atomic E-state index is 0.336. The van der Waals surface area contributed by atoms with Crippen LogP contribution in [0.15, 0.2) is 78.0 Å². The van der Waals surface area contributed by atoms with Gasteiger partial charge in [-0.2, -0.15) is 10.1 Å². The Bertz CT molecular complexity index is 1250. The van der Waals surface area contributed by atoms with Crippen LogP contribution in [-0.4, -0.2) is 30.9 Å². The molecule has 7 heteroatoms. The van der Waals surface area contributed by atoms with Crippen molar-refractivity contribution < 1.29 is 0 Å². The number of nitrogens with zero attached hydrogens (tertiary/aromatic N) is 5. The molecular weight excluding hydrogens is 338 g/mol. The maximum Gasteiger partial charge on any atom is 0.265 e. The summed E-state index contributed by atoms with van der Waals surface area (Å²) in [5, 5.41) is 13.6. The molecule has 2 N–H and O–H groups in total. The fourth-order valence-corrected chi connectivity index (χ4v) is 3.05. The SMILES string of the molecule is C(=NNc1nnc2c(n1)[nH]c1ccccc12)c1cccn1-c1ccccc1. The van der Waals surface area contributed by atoms with E-state index in [1.165, 1.54) is 0 Å². The number of nitrogens with one attached hydrogen (secondary N) is 2. The van der Waals surface area contributed by atoms with Crippen molar-refractivity contribution in [3.8, 4) is 5.69 Å². The second kappa shape index (κ2) is 6.38. The molecule has 0 saturated carbocycles. The van der Waals surface area contributed by atoms with Gasteiger partial charge in [0.15, 0.2) is 5.65 Å². The summed E-state index contributed by atoms with van der Waals surface area (Å²) in [6, 6.07) is 22.0. The van der Waals surface area contributed by atoms with E-state index in [1.54, 1.807) is 6.21 Å². The monoisotopic (exact) mass is 353 g/mol. The minimum Gasteiger partial charge on any atom is -0.338 e. The number of H-pyrrole nitrogens is 1. The number of aromatic amines is 1. The smallest absolute Gasteiger partial charge is 0.265 e. The molecule has 0 unspecified atom stereocenters. The van der Waals surface area contributed by atoms with E-state index in [4.69, 9.17) is 0 Å². The highest BCUT2D eigenvalue weighted by Crippen LogP contribution is 2.21. The maximum absolute atomic E-state index is 4.45. The quantitative estimate of drug-likeness (QED) is 0.381. The van der Waals surface area contributed by atoms with Crippen LogP contribution in [-0.2, 0) is 0 Å². The van der Waals surface area contributed by atoms with Crippen LogP contribution in [0.3, 0.4) is 0 Å². The average Bonchev–Trinajstić information content (AvgIpc) is 3.32. The van der Waals surface area contributed by atoms with E-state index >= 15 is 0 Å². The summed E-state index contributed by atoms with van der Waals surface area (Å²) in [4.78, 5) is 7.69. The lowest BCUT2D eigenvalue weighted by Gasteiger charge is -2.05. The summed E-state index contributed by atoms with van der Waals surface area (Å²) in [6.45, 7) is 0. The normalized spacial score (nSPS) is 11.6. The van der Waals surface area contributed by atoms with Crippen LogP contribution in [0.5, 0.6) is 0 Å². The fraction of sp³-hybridized carbons (Fsp3) is 0. The fourth-order valence-electron chi connectivity index (χ4n) is 3.05. The largest absolute Gasteiger partial charge is 0.338 e. The summed E-state index contributed by atoms with van der Waals surface area (Å²) in [7, 11) is 0. The van der Waals surface area contributed by atoms with Crippen LogP contribution in [0.25, 0.3) is 27.8 Å². The van der Waals surface area contributed by atoms with Crippen molar-refractivity contribution in [3.05, 3.63) is 78.6 Å². The Morgan fingerprint density at radius 1 is 0.926 bits per heavy atom. The Hall–Kier alpha value is -4.00. The minimum absolute atomic E-state index is 0.336. The average molecular weight is 353 g/mol. The van der Waals surface area contributed by atoms with Gasteiger partial charge >= 0.3 is 0 Å². The van der Waals surface area contributed by atoms with Crippen LogP contribution >= 0.6 is 0 Å². The third-order valence-corrected chi connectivity index (χ3v) is 4.30. The van der Waals surface area contributed by atoms with Crippen molar-refractivity contribution in [2.24, 2.45) is 5.10 Å². The zero-order valence-electron chi connectivity index (χ0n) is 14.2. The van der Waals surface area contributed by atoms with Gasteiger partial charge < -0.3 is 9.55 Å². The van der Waals surface area contributed by atoms with Gasteiger partial charge in [-0.15, -0.1) is 10.2 Å². The van der Waals surface area contributed by atoms with Gasteiger partial charge in [-0.05, 0) is 30.3 Å². The molecule has 130 valence electrons. The van der Waals surface area contributed by atoms with Gasteiger partial charge in [-0.25, -0.2) is 5.43 Å². The van der Waals surface area contributed by atoms with E-state index in [0.717, 1.165) is 27.8 Å². The molecule has 0 radical (unpaired) electrons. The molecule has 7 nitrogen and oxygen atoms in total. The van der Waals surface area contributed by atoms with Crippen molar-refractivity contribution in [1.29, 1.82) is 0 Å².